The van der Waals surface area contributed by atoms with Gasteiger partial charge in [-0.3, -0.25) is 4.79 Å². The van der Waals surface area contributed by atoms with Gasteiger partial charge >= 0.3 is 0 Å². The third kappa shape index (κ3) is 2.86. The Morgan fingerprint density at radius 3 is 2.62 bits per heavy atom. The Hall–Kier alpha value is -3.41. The van der Waals surface area contributed by atoms with E-state index in [1.807, 2.05) is 49.4 Å². The summed E-state index contributed by atoms with van der Waals surface area (Å²) in [5.74, 6) is 0.699. The number of para-hydroxylation sites is 1. The Bertz CT molecular complexity index is 1000. The second-order valence-corrected chi connectivity index (χ2v) is 6.17. The number of fused-ring (bicyclic) bond motifs is 1. The number of aromatic nitrogens is 3. The topological polar surface area (TPSA) is 64.2 Å². The predicted molar refractivity (Wildman–Crippen MR) is 98.1 cm³/mol. The molecule has 0 N–H and O–H groups in total. The molecule has 0 radical (unpaired) electrons. The first-order valence-electron chi connectivity index (χ1n) is 8.34. The quantitative estimate of drug-likeness (QED) is 0.563. The van der Waals surface area contributed by atoms with Crippen LogP contribution in [-0.4, -0.2) is 32.6 Å². The third-order valence-corrected chi connectivity index (χ3v) is 4.56. The smallest absolute Gasteiger partial charge is 0.254 e. The molecule has 1 unspecified atom stereocenters. The van der Waals surface area contributed by atoms with Gasteiger partial charge in [0.15, 0.2) is 0 Å². The standard InChI is InChI=1S/C20H18N4O2/c1-14(19-11-16-5-3-4-6-18(16)26-19)23(2)20(25)15-7-9-17(10-8-15)24-13-21-12-22-24/h3-14H,1-2H3. The van der Waals surface area contributed by atoms with Crippen molar-refractivity contribution in [3.8, 4) is 5.69 Å². The number of carbonyl (C=O) groups excluding carboxylic acids is 1. The molecule has 2 heterocycles. The molecule has 0 aliphatic carbocycles. The lowest BCUT2D eigenvalue weighted by Gasteiger charge is -2.23. The molecule has 0 fully saturated rings. The number of hydrogen-bond acceptors (Lipinski definition) is 4. The van der Waals surface area contributed by atoms with E-state index in [4.69, 9.17) is 4.42 Å². The molecule has 0 aliphatic rings. The molecular weight excluding hydrogens is 328 g/mol. The molecule has 2 aromatic carbocycles. The Morgan fingerprint density at radius 2 is 1.92 bits per heavy atom. The molecule has 1 amide bonds. The number of hydrogen-bond donors (Lipinski definition) is 0. The van der Waals surface area contributed by atoms with Crippen molar-refractivity contribution in [2.24, 2.45) is 0 Å². The molecule has 2 aromatic heterocycles. The Kier molecular flexibility index (Phi) is 4.01. The molecule has 6 nitrogen and oxygen atoms in total. The van der Waals surface area contributed by atoms with Crippen molar-refractivity contribution >= 4 is 16.9 Å². The Balaban J connectivity index is 1.55. The van der Waals surface area contributed by atoms with Crippen LogP contribution in [0.25, 0.3) is 16.7 Å². The molecule has 4 rings (SSSR count). The third-order valence-electron chi connectivity index (χ3n) is 4.56. The summed E-state index contributed by atoms with van der Waals surface area (Å²) in [7, 11) is 1.78. The zero-order valence-corrected chi connectivity index (χ0v) is 14.5. The van der Waals surface area contributed by atoms with Crippen molar-refractivity contribution in [1.82, 2.24) is 19.7 Å². The minimum absolute atomic E-state index is 0.0666. The highest BCUT2D eigenvalue weighted by Crippen LogP contribution is 2.27. The minimum Gasteiger partial charge on any atom is -0.459 e. The number of amides is 1. The first-order chi connectivity index (χ1) is 12.6. The number of nitrogens with zero attached hydrogens (tertiary/aromatic N) is 4. The van der Waals surface area contributed by atoms with Gasteiger partial charge in [0.1, 0.15) is 24.0 Å². The molecule has 0 saturated heterocycles. The lowest BCUT2D eigenvalue weighted by molar-refractivity contribution is 0.0727. The molecule has 0 aliphatic heterocycles. The van der Waals surface area contributed by atoms with Crippen LogP contribution in [0.15, 0.2) is 71.7 Å². The first-order valence-corrected chi connectivity index (χ1v) is 8.34. The average molecular weight is 346 g/mol. The van der Waals surface area contributed by atoms with E-state index in [-0.39, 0.29) is 11.9 Å². The van der Waals surface area contributed by atoms with E-state index in [0.717, 1.165) is 22.4 Å². The van der Waals surface area contributed by atoms with Gasteiger partial charge in [0, 0.05) is 18.0 Å². The highest BCUT2D eigenvalue weighted by molar-refractivity contribution is 5.94. The maximum Gasteiger partial charge on any atom is 0.254 e. The zero-order valence-electron chi connectivity index (χ0n) is 14.5. The van der Waals surface area contributed by atoms with Crippen LogP contribution in [0, 0.1) is 0 Å². The number of benzene rings is 2. The summed E-state index contributed by atoms with van der Waals surface area (Å²) in [6, 6.07) is 16.9. The van der Waals surface area contributed by atoms with E-state index < -0.39 is 0 Å². The minimum atomic E-state index is -0.176. The second kappa shape index (κ2) is 6.48. The van der Waals surface area contributed by atoms with Crippen molar-refractivity contribution in [1.29, 1.82) is 0 Å². The maximum absolute atomic E-state index is 12.8. The lowest BCUT2D eigenvalue weighted by atomic mass is 10.1. The van der Waals surface area contributed by atoms with E-state index in [1.165, 1.54) is 6.33 Å². The van der Waals surface area contributed by atoms with Crippen LogP contribution < -0.4 is 0 Å². The van der Waals surface area contributed by atoms with Gasteiger partial charge in [0.2, 0.25) is 0 Å². The molecule has 4 aromatic rings. The van der Waals surface area contributed by atoms with E-state index in [9.17, 15) is 4.79 Å². The van der Waals surface area contributed by atoms with Crippen LogP contribution in [0.5, 0.6) is 0 Å². The van der Waals surface area contributed by atoms with Gasteiger partial charge in [-0.15, -0.1) is 0 Å². The van der Waals surface area contributed by atoms with E-state index >= 15 is 0 Å². The molecule has 0 spiro atoms. The number of rotatable bonds is 4. The monoisotopic (exact) mass is 346 g/mol. The fraction of sp³-hybridized carbons (Fsp3) is 0.150. The highest BCUT2D eigenvalue weighted by Gasteiger charge is 2.22. The summed E-state index contributed by atoms with van der Waals surface area (Å²) < 4.78 is 7.54. The molecular formula is C20H18N4O2. The summed E-state index contributed by atoms with van der Waals surface area (Å²) in [6.45, 7) is 1.96. The zero-order chi connectivity index (χ0) is 18.1. The van der Waals surface area contributed by atoms with Crippen molar-refractivity contribution < 1.29 is 9.21 Å². The van der Waals surface area contributed by atoms with Gasteiger partial charge in [-0.1, -0.05) is 18.2 Å². The summed E-state index contributed by atoms with van der Waals surface area (Å²) in [4.78, 5) is 18.4. The number of carbonyl (C=O) groups is 1. The van der Waals surface area contributed by atoms with Crippen molar-refractivity contribution in [3.63, 3.8) is 0 Å². The molecule has 1 atom stereocenters. The summed E-state index contributed by atoms with van der Waals surface area (Å²) in [5, 5.41) is 5.12. The SMILES string of the molecule is CC(c1cc2ccccc2o1)N(C)C(=O)c1ccc(-n2cncn2)cc1. The maximum atomic E-state index is 12.8. The fourth-order valence-corrected chi connectivity index (χ4v) is 2.88. The van der Waals surface area contributed by atoms with Crippen LogP contribution in [0.3, 0.4) is 0 Å². The Morgan fingerprint density at radius 1 is 1.15 bits per heavy atom. The van der Waals surface area contributed by atoms with Crippen molar-refractivity contribution in [2.75, 3.05) is 7.05 Å². The molecule has 0 saturated carbocycles. The van der Waals surface area contributed by atoms with Crippen LogP contribution in [-0.2, 0) is 0 Å². The largest absolute Gasteiger partial charge is 0.459 e. The average Bonchev–Trinajstić information content (AvgIpc) is 3.36. The molecule has 6 heteroatoms. The summed E-state index contributed by atoms with van der Waals surface area (Å²) in [5.41, 5.74) is 2.29. The van der Waals surface area contributed by atoms with Gasteiger partial charge in [0.25, 0.3) is 5.91 Å². The molecule has 26 heavy (non-hydrogen) atoms. The van der Waals surface area contributed by atoms with Crippen LogP contribution >= 0.6 is 0 Å². The van der Waals surface area contributed by atoms with Crippen molar-refractivity contribution in [3.05, 3.63) is 78.6 Å². The number of furan rings is 1. The van der Waals surface area contributed by atoms with Crippen LogP contribution in [0.4, 0.5) is 0 Å². The molecule has 130 valence electrons. The van der Waals surface area contributed by atoms with Gasteiger partial charge in [-0.25, -0.2) is 9.67 Å². The van der Waals surface area contributed by atoms with Gasteiger partial charge in [-0.2, -0.15) is 5.10 Å². The second-order valence-electron chi connectivity index (χ2n) is 6.17. The first kappa shape index (κ1) is 16.1. The van der Waals surface area contributed by atoms with Crippen LogP contribution in [0.2, 0.25) is 0 Å². The highest BCUT2D eigenvalue weighted by atomic mass is 16.3. The fourth-order valence-electron chi connectivity index (χ4n) is 2.88. The normalized spacial score (nSPS) is 12.2. The van der Waals surface area contributed by atoms with E-state index in [0.29, 0.717) is 5.56 Å². The van der Waals surface area contributed by atoms with Crippen LogP contribution in [0.1, 0.15) is 29.1 Å². The van der Waals surface area contributed by atoms with Gasteiger partial charge in [0.05, 0.1) is 11.7 Å². The lowest BCUT2D eigenvalue weighted by Crippen LogP contribution is -2.29. The van der Waals surface area contributed by atoms with E-state index in [1.54, 1.807) is 35.1 Å². The summed E-state index contributed by atoms with van der Waals surface area (Å²) >= 11 is 0. The van der Waals surface area contributed by atoms with Crippen molar-refractivity contribution in [2.45, 2.75) is 13.0 Å². The molecule has 0 bridgehead atoms. The Labute approximate surface area is 150 Å². The summed E-state index contributed by atoms with van der Waals surface area (Å²) in [6.07, 6.45) is 3.09. The van der Waals surface area contributed by atoms with E-state index in [2.05, 4.69) is 10.1 Å². The van der Waals surface area contributed by atoms with Gasteiger partial charge < -0.3 is 9.32 Å². The predicted octanol–water partition coefficient (Wildman–Crippen LogP) is 3.85. The van der Waals surface area contributed by atoms with Gasteiger partial charge in [-0.05, 0) is 43.3 Å².